The molecule has 0 aromatic carbocycles. The summed E-state index contributed by atoms with van der Waals surface area (Å²) < 4.78 is 27.5. The van der Waals surface area contributed by atoms with E-state index in [0.29, 0.717) is 0 Å². The lowest BCUT2D eigenvalue weighted by atomic mass is 9.98. The number of hydrogen-bond donors (Lipinski definition) is 1. The monoisotopic (exact) mass is 417 g/mol. The summed E-state index contributed by atoms with van der Waals surface area (Å²) in [5.74, 6) is -1.75. The highest BCUT2D eigenvalue weighted by atomic mass is 35.6. The zero-order valence-corrected chi connectivity index (χ0v) is 14.7. The number of alkyl halides is 4. The van der Waals surface area contributed by atoms with E-state index in [2.05, 4.69) is 20.1 Å². The van der Waals surface area contributed by atoms with Crippen molar-refractivity contribution in [3.05, 3.63) is 20.9 Å². The average Bonchev–Trinajstić information content (AvgIpc) is 2.50. The number of carbonyl (C=O) groups is 1. The highest BCUT2D eigenvalue weighted by Crippen LogP contribution is 2.33. The van der Waals surface area contributed by atoms with Gasteiger partial charge in [0.25, 0.3) is 3.79 Å². The molecule has 25 heavy (non-hydrogen) atoms. The van der Waals surface area contributed by atoms with Crippen molar-refractivity contribution in [2.24, 2.45) is 10.2 Å². The van der Waals surface area contributed by atoms with Gasteiger partial charge in [0.2, 0.25) is 12.2 Å². The maximum atomic E-state index is 14.7. The van der Waals surface area contributed by atoms with Crippen molar-refractivity contribution in [2.45, 2.75) is 41.4 Å². The van der Waals surface area contributed by atoms with Crippen molar-refractivity contribution in [1.29, 1.82) is 5.41 Å². The fraction of sp³-hybridized carbons (Fsp3) is 0.800. The third kappa shape index (κ3) is 5.96. The van der Waals surface area contributed by atoms with Crippen molar-refractivity contribution in [3.8, 4) is 0 Å². The first-order valence-electron chi connectivity index (χ1n) is 6.46. The Labute approximate surface area is 155 Å². The Morgan fingerprint density at radius 3 is 2.48 bits per heavy atom. The zero-order chi connectivity index (χ0) is 19.2. The van der Waals surface area contributed by atoms with E-state index in [1.54, 1.807) is 0 Å². The molecule has 0 aromatic heterocycles. The van der Waals surface area contributed by atoms with E-state index in [9.17, 15) is 9.18 Å². The lowest BCUT2D eigenvalue weighted by Crippen LogP contribution is -2.58. The van der Waals surface area contributed by atoms with Gasteiger partial charge in [0, 0.05) is 16.7 Å². The van der Waals surface area contributed by atoms with Gasteiger partial charge in [0.1, 0.15) is 12.1 Å². The molecule has 0 amide bonds. The molecule has 1 rings (SSSR count). The van der Waals surface area contributed by atoms with Crippen LogP contribution in [0.5, 0.6) is 0 Å². The first-order chi connectivity index (χ1) is 11.6. The summed E-state index contributed by atoms with van der Waals surface area (Å²) in [5, 5.41) is 13.9. The predicted molar refractivity (Wildman–Crippen MR) is 85.2 cm³/mol. The Hall–Kier alpha value is -1.68. The number of esters is 1. The van der Waals surface area contributed by atoms with Gasteiger partial charge in [-0.25, -0.2) is 4.39 Å². The minimum absolute atomic E-state index is 0.432. The number of halogens is 4. The van der Waals surface area contributed by atoms with Crippen LogP contribution in [0.3, 0.4) is 0 Å². The van der Waals surface area contributed by atoms with Crippen LogP contribution in [-0.2, 0) is 19.0 Å². The quantitative estimate of drug-likeness (QED) is 0.137. The molecule has 1 aliphatic rings. The van der Waals surface area contributed by atoms with Gasteiger partial charge in [-0.05, 0) is 11.1 Å². The second-order valence-corrected chi connectivity index (χ2v) is 6.90. The van der Waals surface area contributed by atoms with Crippen LogP contribution in [0.1, 0.15) is 6.92 Å². The van der Waals surface area contributed by atoms with E-state index in [1.807, 2.05) is 0 Å². The summed E-state index contributed by atoms with van der Waals surface area (Å²) in [6, 6.07) is -1.66. The summed E-state index contributed by atoms with van der Waals surface area (Å²) in [4.78, 5) is 16.1. The molecule has 0 radical (unpaired) electrons. The van der Waals surface area contributed by atoms with Crippen molar-refractivity contribution in [2.75, 3.05) is 6.54 Å². The third-order valence-electron chi connectivity index (χ3n) is 2.90. The van der Waals surface area contributed by atoms with Gasteiger partial charge in [-0.3, -0.25) is 10.2 Å². The van der Waals surface area contributed by atoms with Gasteiger partial charge in [0.15, 0.2) is 12.3 Å². The zero-order valence-electron chi connectivity index (χ0n) is 12.4. The normalized spacial score (nSPS) is 28.9. The minimum Gasteiger partial charge on any atom is -0.457 e. The molecular formula is C10H11Cl3FN7O4. The van der Waals surface area contributed by atoms with Crippen molar-refractivity contribution in [3.63, 3.8) is 0 Å². The molecule has 15 heteroatoms. The van der Waals surface area contributed by atoms with Crippen LogP contribution in [0.15, 0.2) is 10.2 Å². The van der Waals surface area contributed by atoms with Crippen LogP contribution >= 0.6 is 34.8 Å². The fourth-order valence-electron chi connectivity index (χ4n) is 1.93. The molecular weight excluding hydrogens is 408 g/mol. The smallest absolute Gasteiger partial charge is 0.303 e. The fourth-order valence-corrected chi connectivity index (χ4v) is 2.07. The summed E-state index contributed by atoms with van der Waals surface area (Å²) in [6.07, 6.45) is -6.60. The Balaban J connectivity index is 3.14. The lowest BCUT2D eigenvalue weighted by Gasteiger charge is -2.41. The van der Waals surface area contributed by atoms with E-state index in [1.165, 1.54) is 0 Å². The topological polar surface area (TPSA) is 166 Å². The number of ether oxygens (including phenoxy) is 3. The van der Waals surface area contributed by atoms with Crippen molar-refractivity contribution >= 4 is 46.7 Å². The molecule has 1 saturated heterocycles. The number of nitrogens with zero attached hydrogens (tertiary/aromatic N) is 6. The Morgan fingerprint density at radius 2 is 2.00 bits per heavy atom. The van der Waals surface area contributed by atoms with Gasteiger partial charge in [0.05, 0.1) is 6.54 Å². The lowest BCUT2D eigenvalue weighted by molar-refractivity contribution is -0.229. The van der Waals surface area contributed by atoms with Gasteiger partial charge in [-0.2, -0.15) is 0 Å². The van der Waals surface area contributed by atoms with Crippen LogP contribution in [0.25, 0.3) is 20.9 Å². The molecule has 0 spiro atoms. The molecule has 138 valence electrons. The largest absolute Gasteiger partial charge is 0.457 e. The van der Waals surface area contributed by atoms with E-state index < -0.39 is 52.9 Å². The number of rotatable bonds is 5. The molecule has 11 nitrogen and oxygen atoms in total. The number of carbonyl (C=O) groups excluding carboxylic acids is 1. The third-order valence-corrected chi connectivity index (χ3v) is 3.41. The molecule has 1 aliphatic heterocycles. The van der Waals surface area contributed by atoms with Gasteiger partial charge in [-0.1, -0.05) is 45.0 Å². The number of hydrogen-bond acceptors (Lipinski definition) is 7. The molecule has 0 aromatic rings. The van der Waals surface area contributed by atoms with Crippen molar-refractivity contribution in [1.82, 2.24) is 0 Å². The molecule has 5 unspecified atom stereocenters. The first-order valence-corrected chi connectivity index (χ1v) is 7.59. The van der Waals surface area contributed by atoms with Crippen LogP contribution in [0.2, 0.25) is 0 Å². The van der Waals surface area contributed by atoms with Crippen molar-refractivity contribution < 1.29 is 23.4 Å². The van der Waals surface area contributed by atoms with Crippen LogP contribution in [0, 0.1) is 5.41 Å². The standard InChI is InChI=1S/C10H11Cl3FN7O4/c1-3(22)23-7-4(2-18-20-16)24-8(6(5(7)14)19-21-17)25-9(15)10(11,12)13/h4-8,15H,2H2,1H3. The van der Waals surface area contributed by atoms with E-state index in [0.717, 1.165) is 6.92 Å². The molecule has 0 bridgehead atoms. The van der Waals surface area contributed by atoms with Crippen LogP contribution in [-0.4, -0.2) is 52.9 Å². The molecule has 1 N–H and O–H groups in total. The summed E-state index contributed by atoms with van der Waals surface area (Å²) in [6.45, 7) is 0.597. The molecule has 1 fully saturated rings. The van der Waals surface area contributed by atoms with E-state index in [4.69, 9.17) is 65.5 Å². The van der Waals surface area contributed by atoms with Gasteiger partial charge >= 0.3 is 5.97 Å². The number of nitrogens with one attached hydrogen (secondary N) is 1. The Kier molecular flexibility index (Phi) is 7.81. The second-order valence-electron chi connectivity index (χ2n) is 4.62. The number of azide groups is 2. The maximum Gasteiger partial charge on any atom is 0.303 e. The van der Waals surface area contributed by atoms with Crippen LogP contribution < -0.4 is 0 Å². The summed E-state index contributed by atoms with van der Waals surface area (Å²) >= 11 is 16.4. The summed E-state index contributed by atoms with van der Waals surface area (Å²) in [5.41, 5.74) is 17.0. The Morgan fingerprint density at radius 1 is 1.36 bits per heavy atom. The minimum atomic E-state index is -2.27. The van der Waals surface area contributed by atoms with E-state index >= 15 is 0 Å². The first kappa shape index (κ1) is 21.4. The SMILES string of the molecule is CC(=O)OC1C(CN=[N+]=[N-])OC(OC(=N)C(Cl)(Cl)Cl)C(N=[N+]=[N-])C1F. The highest BCUT2D eigenvalue weighted by Gasteiger charge is 2.50. The second kappa shape index (κ2) is 9.14. The molecule has 0 aliphatic carbocycles. The molecule has 1 heterocycles. The van der Waals surface area contributed by atoms with Crippen LogP contribution in [0.4, 0.5) is 4.39 Å². The molecule has 0 saturated carbocycles. The maximum absolute atomic E-state index is 14.7. The highest BCUT2D eigenvalue weighted by molar-refractivity contribution is 6.76. The summed E-state index contributed by atoms with van der Waals surface area (Å²) in [7, 11) is 0. The predicted octanol–water partition coefficient (Wildman–Crippen LogP) is 3.33. The average molecular weight is 419 g/mol. The van der Waals surface area contributed by atoms with Gasteiger partial charge < -0.3 is 14.2 Å². The Bertz CT molecular complexity index is 618. The molecule has 5 atom stereocenters. The van der Waals surface area contributed by atoms with E-state index in [-0.39, 0.29) is 0 Å². The van der Waals surface area contributed by atoms with Gasteiger partial charge in [-0.15, -0.1) is 0 Å².